The van der Waals surface area contributed by atoms with Crippen molar-refractivity contribution in [2.24, 2.45) is 10.8 Å². The average molecular weight is 670 g/mol. The topological polar surface area (TPSA) is 179 Å². The Morgan fingerprint density at radius 1 is 1.12 bits per heavy atom. The molecule has 258 valence electrons. The molecular formula is C33H39N3O12. The van der Waals surface area contributed by atoms with Crippen LogP contribution in [0.15, 0.2) is 30.3 Å². The van der Waals surface area contributed by atoms with E-state index in [1.807, 2.05) is 0 Å². The Hall–Kier alpha value is -3.89. The molecule has 0 aromatic heterocycles. The Labute approximate surface area is 276 Å². The molecule has 2 N–H and O–H groups in total. The number of cyclic esters (lactones) is 1. The Morgan fingerprint density at radius 3 is 2.69 bits per heavy atom. The van der Waals surface area contributed by atoms with E-state index in [0.717, 1.165) is 0 Å². The van der Waals surface area contributed by atoms with Crippen LogP contribution in [0.5, 0.6) is 0 Å². The van der Waals surface area contributed by atoms with Gasteiger partial charge in [-0.1, -0.05) is 38.1 Å². The van der Waals surface area contributed by atoms with Crippen molar-refractivity contribution in [1.29, 1.82) is 0 Å². The first kappa shape index (κ1) is 32.6. The summed E-state index contributed by atoms with van der Waals surface area (Å²) in [5.41, 5.74) is -0.802. The maximum Gasteiger partial charge on any atom is 0.348 e. The van der Waals surface area contributed by atoms with Gasteiger partial charge in [0, 0.05) is 31.0 Å². The molecule has 1 saturated carbocycles. The highest BCUT2D eigenvalue weighted by atomic mass is 16.8. The van der Waals surface area contributed by atoms with Crippen LogP contribution in [-0.4, -0.2) is 120 Å². The maximum absolute atomic E-state index is 14.8. The van der Waals surface area contributed by atoms with E-state index in [1.54, 1.807) is 44.2 Å². The fraction of sp³-hybridized carbons (Fsp3) is 0.606. The molecule has 48 heavy (non-hydrogen) atoms. The number of nitrogens with zero attached hydrogens (tertiary/aromatic N) is 2. The summed E-state index contributed by atoms with van der Waals surface area (Å²) in [6.45, 7) is 3.84. The number of ether oxygens (including phenoxy) is 5. The third-order valence-corrected chi connectivity index (χ3v) is 10.2. The number of benzene rings is 1. The monoisotopic (exact) mass is 669 g/mol. The number of hydrogen-bond donors (Lipinski definition) is 2. The summed E-state index contributed by atoms with van der Waals surface area (Å²) in [6, 6.07) is 5.24. The van der Waals surface area contributed by atoms with Gasteiger partial charge in [0.05, 0.1) is 13.2 Å². The van der Waals surface area contributed by atoms with Crippen LogP contribution in [0.4, 0.5) is 0 Å². The Kier molecular flexibility index (Phi) is 8.52. The van der Waals surface area contributed by atoms with Gasteiger partial charge in [0.1, 0.15) is 49.3 Å². The molecule has 2 bridgehead atoms. The van der Waals surface area contributed by atoms with E-state index < -0.39 is 71.3 Å². The van der Waals surface area contributed by atoms with Crippen LogP contribution in [-0.2, 0) is 59.0 Å². The van der Waals surface area contributed by atoms with Gasteiger partial charge in [0.25, 0.3) is 0 Å². The largest absolute Gasteiger partial charge is 0.462 e. The molecule has 15 nitrogen and oxygen atoms in total. The van der Waals surface area contributed by atoms with Crippen LogP contribution in [0.25, 0.3) is 6.08 Å². The van der Waals surface area contributed by atoms with E-state index in [-0.39, 0.29) is 51.3 Å². The number of likely N-dealkylation sites (tertiary alicyclic amines) is 1. The van der Waals surface area contributed by atoms with Gasteiger partial charge in [-0.15, -0.1) is 0 Å². The lowest BCUT2D eigenvalue weighted by molar-refractivity contribution is -0.204. The van der Waals surface area contributed by atoms with Gasteiger partial charge < -0.3 is 39.0 Å². The molecule has 7 rings (SSSR count). The maximum atomic E-state index is 14.8. The number of rotatable bonds is 9. The van der Waals surface area contributed by atoms with Crippen molar-refractivity contribution >= 4 is 35.8 Å². The van der Waals surface area contributed by atoms with Crippen molar-refractivity contribution in [2.75, 3.05) is 33.1 Å². The summed E-state index contributed by atoms with van der Waals surface area (Å²) in [5.74, 6) is -2.71. The van der Waals surface area contributed by atoms with Crippen LogP contribution >= 0.6 is 0 Å². The van der Waals surface area contributed by atoms with Gasteiger partial charge in [-0.3, -0.25) is 19.2 Å². The summed E-state index contributed by atoms with van der Waals surface area (Å²) < 4.78 is 28.1. The summed E-state index contributed by atoms with van der Waals surface area (Å²) >= 11 is 0. The predicted octanol–water partition coefficient (Wildman–Crippen LogP) is -0.164. The molecule has 5 aliphatic heterocycles. The van der Waals surface area contributed by atoms with Gasteiger partial charge in [-0.25, -0.2) is 9.59 Å². The SMILES string of the molecule is CC1(C)COC(=O)[C@@H]1OC(=O)C=Cc1ccccc1CN1O[C@@H]2[C@H]3OCO[C@H]3[C@H]3C[C@]2(C(=O)N2CCC[C@@H]2C(=O)NCCO)[C@@H]1C(=O)O3. The van der Waals surface area contributed by atoms with E-state index in [0.29, 0.717) is 30.5 Å². The first-order valence-electron chi connectivity index (χ1n) is 16.2. The smallest absolute Gasteiger partial charge is 0.348 e. The molecule has 6 aliphatic rings. The van der Waals surface area contributed by atoms with Crippen molar-refractivity contribution in [3.8, 4) is 0 Å². The molecule has 8 atom stereocenters. The zero-order valence-corrected chi connectivity index (χ0v) is 26.7. The van der Waals surface area contributed by atoms with Gasteiger partial charge in [0.2, 0.25) is 17.9 Å². The molecule has 0 spiro atoms. The number of carbonyl (C=O) groups excluding carboxylic acids is 5. The quantitative estimate of drug-likeness (QED) is 0.201. The van der Waals surface area contributed by atoms with Crippen LogP contribution in [0.3, 0.4) is 0 Å². The molecule has 1 aliphatic carbocycles. The minimum Gasteiger partial charge on any atom is -0.462 e. The van der Waals surface area contributed by atoms with Crippen molar-refractivity contribution < 1.29 is 57.6 Å². The normalized spacial score (nSPS) is 35.0. The van der Waals surface area contributed by atoms with Crippen molar-refractivity contribution in [3.63, 3.8) is 0 Å². The zero-order chi connectivity index (χ0) is 33.8. The van der Waals surface area contributed by atoms with E-state index in [2.05, 4.69) is 5.32 Å². The second-order valence-electron chi connectivity index (χ2n) is 13.7. The first-order valence-corrected chi connectivity index (χ1v) is 16.2. The first-order chi connectivity index (χ1) is 23.0. The minimum atomic E-state index is -1.42. The van der Waals surface area contributed by atoms with Crippen molar-refractivity contribution in [3.05, 3.63) is 41.5 Å². The lowest BCUT2D eigenvalue weighted by Crippen LogP contribution is -2.70. The molecule has 0 radical (unpaired) electrons. The number of hydroxylamine groups is 2. The minimum absolute atomic E-state index is 0.0339. The fourth-order valence-corrected chi connectivity index (χ4v) is 7.92. The zero-order valence-electron chi connectivity index (χ0n) is 26.7. The fourth-order valence-electron chi connectivity index (χ4n) is 7.92. The molecule has 5 heterocycles. The molecule has 1 aromatic carbocycles. The average Bonchev–Trinajstić information content (AvgIpc) is 3.86. The van der Waals surface area contributed by atoms with E-state index >= 15 is 0 Å². The predicted molar refractivity (Wildman–Crippen MR) is 161 cm³/mol. The molecule has 6 fully saturated rings. The highest BCUT2D eigenvalue weighted by Crippen LogP contribution is 2.56. The van der Waals surface area contributed by atoms with Gasteiger partial charge >= 0.3 is 17.9 Å². The van der Waals surface area contributed by atoms with E-state index in [9.17, 15) is 29.1 Å². The molecule has 15 heteroatoms. The number of aliphatic hydroxyl groups is 1. The number of nitrogens with one attached hydrogen (secondary N) is 1. The molecule has 0 unspecified atom stereocenters. The standard InChI is InChI=1S/C33H39N3O12/c1-32(2)16-43-30(41)27(32)47-22(38)10-9-18-6-3-4-7-19(18)15-36-25-29(40)46-21-14-33(25,26(48-36)24-23(21)44-17-45-24)31(42)35-12-5-8-20(35)28(39)34-11-13-37/h3-4,6-7,9-10,20-21,23-27,37H,5,8,11-17H2,1-2H3,(H,34,39)/t20-,21-,23+,24+,25+,26-,27+,33+/m1/s1. The van der Waals surface area contributed by atoms with Gasteiger partial charge in [0.15, 0.2) is 6.04 Å². The van der Waals surface area contributed by atoms with Gasteiger partial charge in [-0.2, -0.15) is 5.06 Å². The molecule has 1 aromatic rings. The molecular weight excluding hydrogens is 630 g/mol. The molecule has 2 amide bonds. The van der Waals surface area contributed by atoms with E-state index in [1.165, 1.54) is 16.0 Å². The number of carbonyl (C=O) groups is 5. The second kappa shape index (κ2) is 12.5. The summed E-state index contributed by atoms with van der Waals surface area (Å²) in [6.07, 6.45) is -0.0443. The third kappa shape index (κ3) is 5.37. The van der Waals surface area contributed by atoms with Crippen LogP contribution in [0, 0.1) is 10.8 Å². The Bertz CT molecular complexity index is 1530. The lowest BCUT2D eigenvalue weighted by atomic mass is 9.62. The lowest BCUT2D eigenvalue weighted by Gasteiger charge is -2.50. The summed E-state index contributed by atoms with van der Waals surface area (Å²) in [5, 5.41) is 13.3. The van der Waals surface area contributed by atoms with Gasteiger partial charge in [-0.05, 0) is 30.0 Å². The molecule has 5 saturated heterocycles. The highest BCUT2D eigenvalue weighted by molar-refractivity contribution is 5.96. The number of esters is 3. The van der Waals surface area contributed by atoms with Crippen LogP contribution in [0.1, 0.15) is 44.2 Å². The Morgan fingerprint density at radius 2 is 1.92 bits per heavy atom. The highest BCUT2D eigenvalue weighted by Gasteiger charge is 2.75. The van der Waals surface area contributed by atoms with Crippen molar-refractivity contribution in [2.45, 2.75) is 82.3 Å². The van der Waals surface area contributed by atoms with E-state index in [4.69, 9.17) is 28.5 Å². The Balaban J connectivity index is 1.17. The summed E-state index contributed by atoms with van der Waals surface area (Å²) in [7, 11) is 0. The van der Waals surface area contributed by atoms with Crippen LogP contribution < -0.4 is 5.32 Å². The van der Waals surface area contributed by atoms with Crippen LogP contribution in [0.2, 0.25) is 0 Å². The summed E-state index contributed by atoms with van der Waals surface area (Å²) in [4.78, 5) is 74.5. The third-order valence-electron chi connectivity index (χ3n) is 10.2. The van der Waals surface area contributed by atoms with Crippen molar-refractivity contribution in [1.82, 2.24) is 15.3 Å². The number of aliphatic hydroxyl groups excluding tert-OH is 1. The number of hydrogen-bond acceptors (Lipinski definition) is 13. The number of amides is 2. The number of fused-ring (bicyclic) bond motifs is 4. The second-order valence-corrected chi connectivity index (χ2v) is 13.7.